The smallest absolute Gasteiger partial charge is 0.122 e. The molecular formula is C17H24N2O. The number of ether oxygens (including phenoxy) is 1. The number of rotatable bonds is 4. The molecule has 20 heavy (non-hydrogen) atoms. The van der Waals surface area contributed by atoms with E-state index in [1.807, 2.05) is 0 Å². The zero-order valence-corrected chi connectivity index (χ0v) is 12.3. The third kappa shape index (κ3) is 2.45. The van der Waals surface area contributed by atoms with E-state index in [-0.39, 0.29) is 0 Å². The molecule has 2 aliphatic heterocycles. The van der Waals surface area contributed by atoms with Crippen molar-refractivity contribution in [1.29, 1.82) is 0 Å². The molecule has 0 spiro atoms. The van der Waals surface area contributed by atoms with Gasteiger partial charge in [-0.3, -0.25) is 4.90 Å². The number of nitrogens with one attached hydrogen (secondary N) is 1. The largest absolute Gasteiger partial charge is 0.493 e. The molecule has 1 aromatic carbocycles. The maximum Gasteiger partial charge on any atom is 0.122 e. The van der Waals surface area contributed by atoms with E-state index in [0.717, 1.165) is 24.8 Å². The highest BCUT2D eigenvalue weighted by Gasteiger charge is 2.34. The minimum Gasteiger partial charge on any atom is -0.493 e. The van der Waals surface area contributed by atoms with Crippen LogP contribution in [0.1, 0.15) is 43.4 Å². The summed E-state index contributed by atoms with van der Waals surface area (Å²) in [6.45, 7) is 5.66. The zero-order valence-electron chi connectivity index (χ0n) is 12.3. The number of benzene rings is 1. The van der Waals surface area contributed by atoms with Crippen LogP contribution in [0.3, 0.4) is 0 Å². The second kappa shape index (κ2) is 5.05. The number of hydrogen-bond acceptors (Lipinski definition) is 3. The topological polar surface area (TPSA) is 24.5 Å². The van der Waals surface area contributed by atoms with Crippen LogP contribution >= 0.6 is 0 Å². The van der Waals surface area contributed by atoms with Crippen LogP contribution in [0.15, 0.2) is 18.2 Å². The highest BCUT2D eigenvalue weighted by Crippen LogP contribution is 2.31. The summed E-state index contributed by atoms with van der Waals surface area (Å²) in [4.78, 5) is 2.67. The van der Waals surface area contributed by atoms with E-state index in [9.17, 15) is 0 Å². The first-order chi connectivity index (χ1) is 9.79. The number of hydrogen-bond donors (Lipinski definition) is 1. The maximum atomic E-state index is 5.59. The fraction of sp³-hybridized carbons (Fsp3) is 0.647. The third-order valence-corrected chi connectivity index (χ3v) is 4.98. The highest BCUT2D eigenvalue weighted by atomic mass is 16.5. The van der Waals surface area contributed by atoms with Crippen LogP contribution in [0.5, 0.6) is 5.75 Å². The van der Waals surface area contributed by atoms with Crippen molar-refractivity contribution in [3.8, 4) is 5.75 Å². The van der Waals surface area contributed by atoms with Crippen molar-refractivity contribution in [1.82, 2.24) is 10.2 Å². The summed E-state index contributed by atoms with van der Waals surface area (Å²) >= 11 is 0. The summed E-state index contributed by atoms with van der Waals surface area (Å²) in [5, 5.41) is 3.82. The molecule has 1 N–H and O–H groups in total. The molecule has 3 aliphatic rings. The van der Waals surface area contributed by atoms with E-state index in [1.54, 1.807) is 0 Å². The van der Waals surface area contributed by atoms with Crippen LogP contribution in [0, 0.1) is 0 Å². The Morgan fingerprint density at radius 2 is 2.20 bits per heavy atom. The molecule has 1 saturated carbocycles. The second-order valence-corrected chi connectivity index (χ2v) is 6.57. The lowest BCUT2D eigenvalue weighted by Crippen LogP contribution is -2.35. The van der Waals surface area contributed by atoms with Gasteiger partial charge in [-0.05, 0) is 43.4 Å². The van der Waals surface area contributed by atoms with Gasteiger partial charge in [-0.15, -0.1) is 0 Å². The summed E-state index contributed by atoms with van der Waals surface area (Å²) < 4.78 is 5.59. The zero-order chi connectivity index (χ0) is 13.5. The molecule has 0 amide bonds. The van der Waals surface area contributed by atoms with Crippen LogP contribution < -0.4 is 10.1 Å². The molecule has 0 bridgehead atoms. The number of nitrogens with zero attached hydrogens (tertiary/aromatic N) is 1. The Labute approximate surface area is 121 Å². The van der Waals surface area contributed by atoms with Crippen LogP contribution in [0.25, 0.3) is 0 Å². The van der Waals surface area contributed by atoms with E-state index in [0.29, 0.717) is 12.1 Å². The fourth-order valence-corrected chi connectivity index (χ4v) is 3.62. The monoisotopic (exact) mass is 272 g/mol. The van der Waals surface area contributed by atoms with Gasteiger partial charge in [-0.25, -0.2) is 0 Å². The van der Waals surface area contributed by atoms with Gasteiger partial charge in [0, 0.05) is 37.6 Å². The molecule has 0 aromatic heterocycles. The van der Waals surface area contributed by atoms with Gasteiger partial charge in [0.25, 0.3) is 0 Å². The van der Waals surface area contributed by atoms with Crippen molar-refractivity contribution in [3.63, 3.8) is 0 Å². The average molecular weight is 272 g/mol. The normalized spacial score (nSPS) is 27.4. The van der Waals surface area contributed by atoms with Crippen LogP contribution in [-0.2, 0) is 6.42 Å². The molecule has 2 fully saturated rings. The van der Waals surface area contributed by atoms with Crippen LogP contribution in [-0.4, -0.2) is 36.7 Å². The van der Waals surface area contributed by atoms with Gasteiger partial charge in [-0.2, -0.15) is 0 Å². The molecule has 1 saturated heterocycles. The van der Waals surface area contributed by atoms with Gasteiger partial charge in [0.2, 0.25) is 0 Å². The summed E-state index contributed by atoms with van der Waals surface area (Å²) in [6, 6.07) is 8.69. The molecule has 1 aromatic rings. The predicted octanol–water partition coefficient (Wildman–Crippen LogP) is 2.51. The Balaban J connectivity index is 1.39. The van der Waals surface area contributed by atoms with Crippen LogP contribution in [0.4, 0.5) is 0 Å². The van der Waals surface area contributed by atoms with Gasteiger partial charge in [0.05, 0.1) is 6.61 Å². The Bertz CT molecular complexity index is 498. The van der Waals surface area contributed by atoms with E-state index >= 15 is 0 Å². The van der Waals surface area contributed by atoms with Gasteiger partial charge in [0.1, 0.15) is 5.75 Å². The highest BCUT2D eigenvalue weighted by molar-refractivity contribution is 5.40. The van der Waals surface area contributed by atoms with Crippen molar-refractivity contribution < 1.29 is 4.74 Å². The predicted molar refractivity (Wildman–Crippen MR) is 80.2 cm³/mol. The first-order valence-corrected chi connectivity index (χ1v) is 8.05. The SMILES string of the molecule is CC(NC1CCN(C2CC2)C1)c1ccc2c(c1)CCO2. The van der Waals surface area contributed by atoms with Gasteiger partial charge in [0.15, 0.2) is 0 Å². The summed E-state index contributed by atoms with van der Waals surface area (Å²) in [6.07, 6.45) is 5.21. The maximum absolute atomic E-state index is 5.59. The minimum atomic E-state index is 0.435. The molecule has 0 radical (unpaired) electrons. The summed E-state index contributed by atoms with van der Waals surface area (Å²) in [5.74, 6) is 1.08. The molecule has 108 valence electrons. The molecule has 2 heterocycles. The Morgan fingerprint density at radius 1 is 1.30 bits per heavy atom. The molecule has 4 rings (SSSR count). The number of fused-ring (bicyclic) bond motifs is 1. The summed E-state index contributed by atoms with van der Waals surface area (Å²) in [7, 11) is 0. The lowest BCUT2D eigenvalue weighted by atomic mass is 10.0. The van der Waals surface area contributed by atoms with E-state index in [4.69, 9.17) is 4.74 Å². The van der Waals surface area contributed by atoms with Crippen molar-refractivity contribution >= 4 is 0 Å². The molecule has 2 atom stereocenters. The molecular weight excluding hydrogens is 248 g/mol. The minimum absolute atomic E-state index is 0.435. The molecule has 3 nitrogen and oxygen atoms in total. The summed E-state index contributed by atoms with van der Waals surface area (Å²) in [5.41, 5.74) is 2.78. The van der Waals surface area contributed by atoms with Crippen molar-refractivity contribution in [2.75, 3.05) is 19.7 Å². The van der Waals surface area contributed by atoms with Crippen LogP contribution in [0.2, 0.25) is 0 Å². The second-order valence-electron chi connectivity index (χ2n) is 6.57. The van der Waals surface area contributed by atoms with Crippen molar-refractivity contribution in [3.05, 3.63) is 29.3 Å². The lowest BCUT2D eigenvalue weighted by molar-refractivity contribution is 0.313. The first kappa shape index (κ1) is 12.7. The fourth-order valence-electron chi connectivity index (χ4n) is 3.62. The van der Waals surface area contributed by atoms with Gasteiger partial charge < -0.3 is 10.1 Å². The average Bonchev–Trinajstić information content (AvgIpc) is 3.02. The van der Waals surface area contributed by atoms with E-state index in [2.05, 4.69) is 35.3 Å². The molecule has 1 aliphatic carbocycles. The van der Waals surface area contributed by atoms with E-state index in [1.165, 1.54) is 43.5 Å². The van der Waals surface area contributed by atoms with E-state index < -0.39 is 0 Å². The van der Waals surface area contributed by atoms with Crippen molar-refractivity contribution in [2.24, 2.45) is 0 Å². The standard InChI is InChI=1S/C17H24N2O/c1-12(13-2-5-17-14(10-13)7-9-20-17)18-15-6-8-19(11-15)16-3-4-16/h2,5,10,12,15-16,18H,3-4,6-9,11H2,1H3. The quantitative estimate of drug-likeness (QED) is 0.911. The molecule has 2 unspecified atom stereocenters. The number of likely N-dealkylation sites (tertiary alicyclic amines) is 1. The Kier molecular flexibility index (Phi) is 3.20. The van der Waals surface area contributed by atoms with Gasteiger partial charge in [-0.1, -0.05) is 12.1 Å². The first-order valence-electron chi connectivity index (χ1n) is 8.05. The van der Waals surface area contributed by atoms with Gasteiger partial charge >= 0.3 is 0 Å². The lowest BCUT2D eigenvalue weighted by Gasteiger charge is -2.21. The Morgan fingerprint density at radius 3 is 3.05 bits per heavy atom. The Hall–Kier alpha value is -1.06. The van der Waals surface area contributed by atoms with Crippen molar-refractivity contribution in [2.45, 2.75) is 50.7 Å². The third-order valence-electron chi connectivity index (χ3n) is 4.98. The molecule has 3 heteroatoms.